The summed E-state index contributed by atoms with van der Waals surface area (Å²) in [5.74, 6) is 0.730. The van der Waals surface area contributed by atoms with Crippen LogP contribution >= 0.6 is 11.6 Å². The first-order valence-electron chi connectivity index (χ1n) is 7.83. The first-order valence-corrected chi connectivity index (χ1v) is 8.21. The molecular weight excluding hydrogens is 352 g/mol. The van der Waals surface area contributed by atoms with E-state index >= 15 is 0 Å². The van der Waals surface area contributed by atoms with Gasteiger partial charge in [0.05, 0.1) is 7.11 Å². The molecule has 0 unspecified atom stereocenters. The third-order valence-electron chi connectivity index (χ3n) is 3.56. The highest BCUT2D eigenvalue weighted by Gasteiger charge is 2.12. The summed E-state index contributed by atoms with van der Waals surface area (Å²) in [6, 6.07) is 14.5. The Kier molecular flexibility index (Phi) is 6.65. The number of rotatable bonds is 6. The number of likely N-dealkylation sites (N-methyl/N-ethyl adjacent to an activating group) is 1. The van der Waals surface area contributed by atoms with Gasteiger partial charge in [-0.15, -0.1) is 0 Å². The Morgan fingerprint density at radius 1 is 1.19 bits per heavy atom. The van der Waals surface area contributed by atoms with Gasteiger partial charge in [0.25, 0.3) is 5.91 Å². The molecule has 0 atom stereocenters. The molecule has 5 nitrogen and oxygen atoms in total. The number of halogens is 1. The lowest BCUT2D eigenvalue weighted by Gasteiger charge is -2.12. The third kappa shape index (κ3) is 5.01. The smallest absolute Gasteiger partial charge is 0.264 e. The van der Waals surface area contributed by atoms with Gasteiger partial charge in [0, 0.05) is 19.1 Å². The summed E-state index contributed by atoms with van der Waals surface area (Å²) in [6.45, 7) is 0.366. The Hall–Kier alpha value is -2.97. The van der Waals surface area contributed by atoms with Gasteiger partial charge in [-0.2, -0.15) is 5.26 Å². The van der Waals surface area contributed by atoms with Gasteiger partial charge in [-0.25, -0.2) is 0 Å². The first kappa shape index (κ1) is 19.4. The zero-order chi connectivity index (χ0) is 19.1. The van der Waals surface area contributed by atoms with Crippen molar-refractivity contribution >= 4 is 23.6 Å². The standard InChI is InChI=1S/C20H19ClN2O3/c1-23(2)20(24)16(12-22)10-15-6-9-18(19(11-15)25-3)26-13-14-4-7-17(21)8-5-14/h4-11H,13H2,1-3H3/b16-10-. The Morgan fingerprint density at radius 2 is 1.88 bits per heavy atom. The van der Waals surface area contributed by atoms with Gasteiger partial charge in [0.15, 0.2) is 11.5 Å². The van der Waals surface area contributed by atoms with Gasteiger partial charge in [-0.05, 0) is 41.5 Å². The van der Waals surface area contributed by atoms with E-state index in [0.717, 1.165) is 5.56 Å². The number of carbonyl (C=O) groups is 1. The van der Waals surface area contributed by atoms with E-state index in [2.05, 4.69) is 0 Å². The van der Waals surface area contributed by atoms with Crippen LogP contribution in [0.25, 0.3) is 6.08 Å². The number of nitrogens with zero attached hydrogens (tertiary/aromatic N) is 2. The van der Waals surface area contributed by atoms with Gasteiger partial charge in [-0.3, -0.25) is 4.79 Å². The number of carbonyl (C=O) groups excluding carboxylic acids is 1. The monoisotopic (exact) mass is 370 g/mol. The summed E-state index contributed by atoms with van der Waals surface area (Å²) >= 11 is 5.87. The zero-order valence-corrected chi connectivity index (χ0v) is 15.6. The van der Waals surface area contributed by atoms with Crippen LogP contribution in [0.15, 0.2) is 48.0 Å². The number of benzene rings is 2. The predicted molar refractivity (Wildman–Crippen MR) is 101 cm³/mol. The van der Waals surface area contributed by atoms with E-state index in [1.165, 1.54) is 18.1 Å². The van der Waals surface area contributed by atoms with Crippen LogP contribution in [0.1, 0.15) is 11.1 Å². The van der Waals surface area contributed by atoms with Crippen molar-refractivity contribution in [1.29, 1.82) is 5.26 Å². The Balaban J connectivity index is 2.20. The number of hydrogen-bond donors (Lipinski definition) is 0. The number of methoxy groups -OCH3 is 1. The molecule has 1 amide bonds. The summed E-state index contributed by atoms with van der Waals surface area (Å²) in [6.07, 6.45) is 1.52. The number of ether oxygens (including phenoxy) is 2. The largest absolute Gasteiger partial charge is 0.493 e. The van der Waals surface area contributed by atoms with Gasteiger partial charge >= 0.3 is 0 Å². The van der Waals surface area contributed by atoms with Crippen LogP contribution < -0.4 is 9.47 Å². The Morgan fingerprint density at radius 3 is 2.46 bits per heavy atom. The Bertz CT molecular complexity index is 852. The summed E-state index contributed by atoms with van der Waals surface area (Å²) in [5.41, 5.74) is 1.70. The molecule has 0 heterocycles. The molecule has 6 heteroatoms. The van der Waals surface area contributed by atoms with E-state index < -0.39 is 0 Å². The lowest BCUT2D eigenvalue weighted by molar-refractivity contribution is -0.124. The molecule has 0 bridgehead atoms. The second-order valence-corrected chi connectivity index (χ2v) is 6.13. The summed E-state index contributed by atoms with van der Waals surface area (Å²) in [4.78, 5) is 13.3. The molecule has 0 aliphatic carbocycles. The van der Waals surface area contributed by atoms with Gasteiger partial charge in [-0.1, -0.05) is 29.8 Å². The van der Waals surface area contributed by atoms with Crippen molar-refractivity contribution in [1.82, 2.24) is 4.90 Å². The molecular formula is C20H19ClN2O3. The van der Waals surface area contributed by atoms with Crippen molar-refractivity contribution in [2.75, 3.05) is 21.2 Å². The minimum Gasteiger partial charge on any atom is -0.493 e. The molecule has 2 aromatic carbocycles. The van der Waals surface area contributed by atoms with Crippen molar-refractivity contribution in [3.8, 4) is 17.6 Å². The van der Waals surface area contributed by atoms with E-state index in [4.69, 9.17) is 21.1 Å². The van der Waals surface area contributed by atoms with Gasteiger partial charge < -0.3 is 14.4 Å². The normalized spacial score (nSPS) is 10.8. The van der Waals surface area contributed by atoms with E-state index in [9.17, 15) is 10.1 Å². The highest BCUT2D eigenvalue weighted by molar-refractivity contribution is 6.30. The van der Waals surface area contributed by atoms with E-state index in [0.29, 0.717) is 28.7 Å². The fraction of sp³-hybridized carbons (Fsp3) is 0.200. The van der Waals surface area contributed by atoms with E-state index in [1.54, 1.807) is 44.4 Å². The molecule has 2 rings (SSSR count). The SMILES string of the molecule is COc1cc(/C=C(/C#N)C(=O)N(C)C)ccc1OCc1ccc(Cl)cc1. The maximum atomic E-state index is 12.0. The first-order chi connectivity index (χ1) is 12.4. The fourth-order valence-electron chi connectivity index (χ4n) is 2.18. The molecule has 0 aliphatic rings. The van der Waals surface area contributed by atoms with Crippen LogP contribution in [0.5, 0.6) is 11.5 Å². The third-order valence-corrected chi connectivity index (χ3v) is 3.82. The number of hydrogen-bond acceptors (Lipinski definition) is 4. The molecule has 0 radical (unpaired) electrons. The van der Waals surface area contributed by atoms with Crippen LogP contribution in [0.4, 0.5) is 0 Å². The molecule has 0 spiro atoms. The van der Waals surface area contributed by atoms with Crippen LogP contribution in [0.3, 0.4) is 0 Å². The van der Waals surface area contributed by atoms with Crippen LogP contribution in [-0.4, -0.2) is 32.0 Å². The molecule has 0 saturated heterocycles. The molecule has 0 aromatic heterocycles. The van der Waals surface area contributed by atoms with Crippen molar-refractivity contribution in [2.24, 2.45) is 0 Å². The minimum absolute atomic E-state index is 0.0480. The average molecular weight is 371 g/mol. The predicted octanol–water partition coefficient (Wildman–Crippen LogP) is 3.92. The van der Waals surface area contributed by atoms with E-state index in [1.807, 2.05) is 18.2 Å². The molecule has 0 aliphatic heterocycles. The summed E-state index contributed by atoms with van der Waals surface area (Å²) < 4.78 is 11.2. The fourth-order valence-corrected chi connectivity index (χ4v) is 2.31. The van der Waals surface area contributed by atoms with Crippen molar-refractivity contribution in [3.63, 3.8) is 0 Å². The molecule has 0 saturated carbocycles. The van der Waals surface area contributed by atoms with E-state index in [-0.39, 0.29) is 11.5 Å². The zero-order valence-electron chi connectivity index (χ0n) is 14.8. The van der Waals surface area contributed by atoms with Gasteiger partial charge in [0.1, 0.15) is 18.2 Å². The lowest BCUT2D eigenvalue weighted by atomic mass is 10.1. The molecule has 2 aromatic rings. The second-order valence-electron chi connectivity index (χ2n) is 5.69. The molecule has 0 N–H and O–H groups in total. The lowest BCUT2D eigenvalue weighted by Crippen LogP contribution is -2.22. The van der Waals surface area contributed by atoms with Crippen molar-refractivity contribution < 1.29 is 14.3 Å². The quantitative estimate of drug-likeness (QED) is 0.571. The number of nitriles is 1. The molecule has 0 fully saturated rings. The van der Waals surface area contributed by atoms with Crippen LogP contribution in [0.2, 0.25) is 5.02 Å². The highest BCUT2D eigenvalue weighted by Crippen LogP contribution is 2.30. The maximum Gasteiger partial charge on any atom is 0.264 e. The highest BCUT2D eigenvalue weighted by atomic mass is 35.5. The second kappa shape index (κ2) is 8.93. The Labute approximate surface area is 158 Å². The number of amides is 1. The molecule has 26 heavy (non-hydrogen) atoms. The summed E-state index contributed by atoms with van der Waals surface area (Å²) in [7, 11) is 4.73. The van der Waals surface area contributed by atoms with Gasteiger partial charge in [0.2, 0.25) is 0 Å². The average Bonchev–Trinajstić information content (AvgIpc) is 2.65. The topological polar surface area (TPSA) is 62.6 Å². The van der Waals surface area contributed by atoms with Crippen LogP contribution in [-0.2, 0) is 11.4 Å². The molecule has 134 valence electrons. The van der Waals surface area contributed by atoms with Crippen molar-refractivity contribution in [3.05, 3.63) is 64.2 Å². The maximum absolute atomic E-state index is 12.0. The minimum atomic E-state index is -0.352. The summed E-state index contributed by atoms with van der Waals surface area (Å²) in [5, 5.41) is 9.86. The van der Waals surface area contributed by atoms with Crippen LogP contribution in [0, 0.1) is 11.3 Å². The van der Waals surface area contributed by atoms with Crippen molar-refractivity contribution in [2.45, 2.75) is 6.61 Å².